The second kappa shape index (κ2) is 6.08. The van der Waals surface area contributed by atoms with E-state index >= 15 is 0 Å². The Labute approximate surface area is 114 Å². The number of carbonyl (C=O) groups excluding carboxylic acids is 1. The van der Waals surface area contributed by atoms with E-state index in [1.54, 1.807) is 11.8 Å². The van der Waals surface area contributed by atoms with Crippen LogP contribution in [0.15, 0.2) is 11.6 Å². The normalized spacial score (nSPS) is 17.7. The Bertz CT molecular complexity index is 381. The molecule has 1 rings (SSSR count). The van der Waals surface area contributed by atoms with Crippen molar-refractivity contribution < 1.29 is 19.4 Å². The van der Waals surface area contributed by atoms with Gasteiger partial charge in [-0.15, -0.1) is 0 Å². The van der Waals surface area contributed by atoms with Crippen molar-refractivity contribution in [3.05, 3.63) is 11.6 Å². The predicted octanol–water partition coefficient (Wildman–Crippen LogP) is 2.66. The summed E-state index contributed by atoms with van der Waals surface area (Å²) in [5, 5.41) is 8.91. The molecule has 0 aliphatic carbocycles. The molecule has 5 nitrogen and oxygen atoms in total. The molecule has 0 radical (unpaired) electrons. The SMILES string of the molecule is CC(CC1=CCCN(C(=O)OC(C)(C)C)C1)C(=O)O. The number of ether oxygens (including phenoxy) is 1. The predicted molar refractivity (Wildman–Crippen MR) is 71.9 cm³/mol. The summed E-state index contributed by atoms with van der Waals surface area (Å²) in [5.41, 5.74) is 0.485. The third-order valence-corrected chi connectivity index (χ3v) is 2.87. The van der Waals surface area contributed by atoms with Crippen molar-refractivity contribution in [2.45, 2.75) is 46.1 Å². The molecule has 0 spiro atoms. The fourth-order valence-electron chi connectivity index (χ4n) is 1.92. The van der Waals surface area contributed by atoms with Crippen LogP contribution in [0.5, 0.6) is 0 Å². The van der Waals surface area contributed by atoms with Crippen LogP contribution in [0.3, 0.4) is 0 Å². The van der Waals surface area contributed by atoms with Gasteiger partial charge in [0.2, 0.25) is 0 Å². The molecule has 5 heteroatoms. The van der Waals surface area contributed by atoms with Gasteiger partial charge in [-0.1, -0.05) is 18.6 Å². The number of carboxylic acids is 1. The molecule has 0 saturated carbocycles. The molecule has 1 atom stereocenters. The molecule has 0 saturated heterocycles. The average molecular weight is 269 g/mol. The van der Waals surface area contributed by atoms with Gasteiger partial charge in [0.25, 0.3) is 0 Å². The highest BCUT2D eigenvalue weighted by atomic mass is 16.6. The summed E-state index contributed by atoms with van der Waals surface area (Å²) in [6.45, 7) is 8.26. The van der Waals surface area contributed by atoms with Crippen LogP contribution in [0.2, 0.25) is 0 Å². The second-order valence-corrected chi connectivity index (χ2v) is 6.00. The third kappa shape index (κ3) is 5.32. The van der Waals surface area contributed by atoms with Crippen LogP contribution >= 0.6 is 0 Å². The van der Waals surface area contributed by atoms with Crippen molar-refractivity contribution in [3.8, 4) is 0 Å². The standard InChI is InChI=1S/C14H23NO4/c1-10(12(16)17)8-11-6-5-7-15(9-11)13(18)19-14(2,3)4/h6,10H,5,7-9H2,1-4H3,(H,16,17). The van der Waals surface area contributed by atoms with Crippen molar-refractivity contribution in [3.63, 3.8) is 0 Å². The highest BCUT2D eigenvalue weighted by molar-refractivity contribution is 5.70. The summed E-state index contributed by atoms with van der Waals surface area (Å²) in [4.78, 5) is 24.4. The van der Waals surface area contributed by atoms with Crippen molar-refractivity contribution in [1.82, 2.24) is 4.90 Å². The zero-order valence-electron chi connectivity index (χ0n) is 12.1. The Morgan fingerprint density at radius 1 is 1.47 bits per heavy atom. The Balaban J connectivity index is 2.56. The molecule has 1 aliphatic rings. The van der Waals surface area contributed by atoms with Gasteiger partial charge in [0.05, 0.1) is 5.92 Å². The van der Waals surface area contributed by atoms with E-state index in [2.05, 4.69) is 0 Å². The van der Waals surface area contributed by atoms with Gasteiger partial charge >= 0.3 is 12.1 Å². The first-order valence-corrected chi connectivity index (χ1v) is 6.57. The second-order valence-electron chi connectivity index (χ2n) is 6.00. The Kier molecular flexibility index (Phi) is 4.97. The minimum atomic E-state index is -0.810. The summed E-state index contributed by atoms with van der Waals surface area (Å²) in [5.74, 6) is -1.24. The van der Waals surface area contributed by atoms with E-state index in [9.17, 15) is 9.59 Å². The maximum Gasteiger partial charge on any atom is 0.410 e. The summed E-state index contributed by atoms with van der Waals surface area (Å²) < 4.78 is 5.32. The molecule has 0 bridgehead atoms. The Morgan fingerprint density at radius 3 is 2.63 bits per heavy atom. The zero-order chi connectivity index (χ0) is 14.6. The highest BCUT2D eigenvalue weighted by Crippen LogP contribution is 2.20. The summed E-state index contributed by atoms with van der Waals surface area (Å²) in [7, 11) is 0. The van der Waals surface area contributed by atoms with Gasteiger partial charge in [-0.25, -0.2) is 4.79 Å². The topological polar surface area (TPSA) is 66.8 Å². The molecule has 1 amide bonds. The molecule has 1 unspecified atom stereocenters. The van der Waals surface area contributed by atoms with Gasteiger partial charge < -0.3 is 14.7 Å². The summed E-state index contributed by atoms with van der Waals surface area (Å²) in [6.07, 6.45) is 2.93. The number of nitrogens with zero attached hydrogens (tertiary/aromatic N) is 1. The fraction of sp³-hybridized carbons (Fsp3) is 0.714. The van der Waals surface area contributed by atoms with E-state index in [1.807, 2.05) is 26.8 Å². The van der Waals surface area contributed by atoms with Crippen LogP contribution in [-0.4, -0.2) is 40.8 Å². The first kappa shape index (κ1) is 15.5. The molecule has 1 heterocycles. The number of carbonyl (C=O) groups is 2. The minimum absolute atomic E-state index is 0.332. The van der Waals surface area contributed by atoms with Crippen molar-refractivity contribution in [2.75, 3.05) is 13.1 Å². The monoisotopic (exact) mass is 269 g/mol. The summed E-state index contributed by atoms with van der Waals surface area (Å²) in [6, 6.07) is 0. The quantitative estimate of drug-likeness (QED) is 0.800. The molecular formula is C14H23NO4. The van der Waals surface area contributed by atoms with Crippen LogP contribution in [0.25, 0.3) is 0 Å². The molecule has 1 N–H and O–H groups in total. The first-order chi connectivity index (χ1) is 8.69. The maximum absolute atomic E-state index is 11.9. The van der Waals surface area contributed by atoms with E-state index in [0.29, 0.717) is 19.5 Å². The lowest BCUT2D eigenvalue weighted by atomic mass is 9.98. The van der Waals surface area contributed by atoms with Gasteiger partial charge in [-0.05, 0) is 33.6 Å². The summed E-state index contributed by atoms with van der Waals surface area (Å²) >= 11 is 0. The number of carboxylic acid groups (broad SMARTS) is 1. The van der Waals surface area contributed by atoms with E-state index in [1.165, 1.54) is 0 Å². The maximum atomic E-state index is 11.9. The van der Waals surface area contributed by atoms with Crippen molar-refractivity contribution in [2.24, 2.45) is 5.92 Å². The van der Waals surface area contributed by atoms with Crippen LogP contribution in [0.4, 0.5) is 4.79 Å². The van der Waals surface area contributed by atoms with E-state index in [0.717, 1.165) is 12.0 Å². The number of rotatable bonds is 3. The van der Waals surface area contributed by atoms with Crippen molar-refractivity contribution >= 4 is 12.1 Å². The number of hydrogen-bond donors (Lipinski definition) is 1. The smallest absolute Gasteiger partial charge is 0.410 e. The van der Waals surface area contributed by atoms with Gasteiger partial charge in [0.1, 0.15) is 5.60 Å². The number of amides is 1. The van der Waals surface area contributed by atoms with E-state index in [4.69, 9.17) is 9.84 Å². The molecule has 0 aromatic carbocycles. The van der Waals surface area contributed by atoms with E-state index in [-0.39, 0.29) is 6.09 Å². The molecule has 0 aromatic rings. The van der Waals surface area contributed by atoms with E-state index < -0.39 is 17.5 Å². The lowest BCUT2D eigenvalue weighted by Crippen LogP contribution is -2.40. The van der Waals surface area contributed by atoms with Gasteiger partial charge in [-0.3, -0.25) is 4.79 Å². The Morgan fingerprint density at radius 2 is 2.11 bits per heavy atom. The van der Waals surface area contributed by atoms with Crippen LogP contribution in [-0.2, 0) is 9.53 Å². The molecule has 19 heavy (non-hydrogen) atoms. The van der Waals surface area contributed by atoms with Gasteiger partial charge in [-0.2, -0.15) is 0 Å². The minimum Gasteiger partial charge on any atom is -0.481 e. The van der Waals surface area contributed by atoms with Crippen molar-refractivity contribution in [1.29, 1.82) is 0 Å². The molecule has 108 valence electrons. The molecule has 0 fully saturated rings. The fourth-order valence-corrected chi connectivity index (χ4v) is 1.92. The number of aliphatic carboxylic acids is 1. The first-order valence-electron chi connectivity index (χ1n) is 6.57. The molecule has 0 aromatic heterocycles. The lowest BCUT2D eigenvalue weighted by molar-refractivity contribution is -0.141. The average Bonchev–Trinajstić information content (AvgIpc) is 2.27. The van der Waals surface area contributed by atoms with Crippen LogP contribution in [0.1, 0.15) is 40.5 Å². The third-order valence-electron chi connectivity index (χ3n) is 2.87. The number of hydrogen-bond acceptors (Lipinski definition) is 3. The Hall–Kier alpha value is -1.52. The van der Waals surface area contributed by atoms with Gasteiger partial charge in [0, 0.05) is 13.1 Å². The largest absolute Gasteiger partial charge is 0.481 e. The van der Waals surface area contributed by atoms with Crippen LogP contribution in [0, 0.1) is 5.92 Å². The van der Waals surface area contributed by atoms with Crippen LogP contribution < -0.4 is 0 Å². The lowest BCUT2D eigenvalue weighted by Gasteiger charge is -2.30. The highest BCUT2D eigenvalue weighted by Gasteiger charge is 2.25. The molecular weight excluding hydrogens is 246 g/mol. The molecule has 1 aliphatic heterocycles. The zero-order valence-corrected chi connectivity index (χ0v) is 12.1. The van der Waals surface area contributed by atoms with Gasteiger partial charge in [0.15, 0.2) is 0 Å².